The Bertz CT molecular complexity index is 1540. The van der Waals surface area contributed by atoms with Crippen molar-refractivity contribution in [1.82, 2.24) is 9.55 Å². The summed E-state index contributed by atoms with van der Waals surface area (Å²) in [6, 6.07) is 23.0. The van der Waals surface area contributed by atoms with Gasteiger partial charge in [0.25, 0.3) is 5.56 Å². The number of nitrogens with zero attached hydrogens (tertiary/aromatic N) is 2. The van der Waals surface area contributed by atoms with E-state index >= 15 is 0 Å². The molecule has 32 heavy (non-hydrogen) atoms. The fourth-order valence-corrected chi connectivity index (χ4v) is 4.02. The van der Waals surface area contributed by atoms with E-state index in [9.17, 15) is 14.3 Å². The molecule has 2 N–H and O–H groups in total. The van der Waals surface area contributed by atoms with Crippen molar-refractivity contribution in [2.75, 3.05) is 0 Å². The van der Waals surface area contributed by atoms with Gasteiger partial charge in [-0.2, -0.15) is 0 Å². The molecular formula is C25H16FN3O2S. The van der Waals surface area contributed by atoms with Crippen LogP contribution in [0.15, 0.2) is 88.6 Å². The first kappa shape index (κ1) is 19.8. The zero-order chi connectivity index (χ0) is 22.2. The summed E-state index contributed by atoms with van der Waals surface area (Å²) in [6.45, 7) is 0. The number of hydrogen-bond donors (Lipinski definition) is 2. The first-order valence-corrected chi connectivity index (χ1v) is 10.2. The van der Waals surface area contributed by atoms with E-state index < -0.39 is 17.3 Å². The molecule has 0 saturated heterocycles. The number of aliphatic imine (C=N–C) groups is 1. The van der Waals surface area contributed by atoms with E-state index in [2.05, 4.69) is 4.98 Å². The second-order valence-electron chi connectivity index (χ2n) is 7.18. The van der Waals surface area contributed by atoms with Gasteiger partial charge < -0.3 is 5.11 Å². The normalized spacial score (nSPS) is 13.8. The van der Waals surface area contributed by atoms with Gasteiger partial charge in [-0.1, -0.05) is 60.7 Å². The number of H-pyrrole nitrogens is 1. The number of rotatable bonds is 3. The van der Waals surface area contributed by atoms with Crippen molar-refractivity contribution >= 4 is 35.3 Å². The molecule has 0 spiro atoms. The Morgan fingerprint density at radius 3 is 2.44 bits per heavy atom. The van der Waals surface area contributed by atoms with Gasteiger partial charge in [-0.05, 0) is 36.5 Å². The number of allylic oxidation sites excluding steroid dienone is 1. The number of para-hydroxylation sites is 2. The maximum atomic E-state index is 14.4. The smallest absolute Gasteiger partial charge is 0.262 e. The van der Waals surface area contributed by atoms with Crippen LogP contribution in [0.25, 0.3) is 17.3 Å². The minimum atomic E-state index is -0.581. The third kappa shape index (κ3) is 3.29. The van der Waals surface area contributed by atoms with E-state index in [-0.39, 0.29) is 16.0 Å². The number of benzene rings is 3. The molecule has 3 aromatic carbocycles. The highest BCUT2D eigenvalue weighted by Gasteiger charge is 2.24. The molecule has 0 fully saturated rings. The molecule has 1 aromatic heterocycles. The van der Waals surface area contributed by atoms with Crippen molar-refractivity contribution in [2.24, 2.45) is 4.99 Å². The minimum Gasteiger partial charge on any atom is -0.494 e. The van der Waals surface area contributed by atoms with E-state index in [0.29, 0.717) is 11.3 Å². The molecule has 4 aromatic rings. The van der Waals surface area contributed by atoms with Crippen molar-refractivity contribution in [3.05, 3.63) is 116 Å². The zero-order valence-electron chi connectivity index (χ0n) is 16.6. The number of fused-ring (bicyclic) bond motifs is 1. The standard InChI is InChI=1S/C25H16FN3O2S/c26-19-11-5-7-13-21(19)29-24(31)18(23(30)28-25(29)32)14-17-16-10-4-6-12-20(16)27-22(17)15-8-2-1-3-9-15/h1-14,31H,(H,28,30,32)/b17-14-. The van der Waals surface area contributed by atoms with E-state index in [1.165, 1.54) is 18.2 Å². The van der Waals surface area contributed by atoms with Crippen molar-refractivity contribution in [3.63, 3.8) is 0 Å². The van der Waals surface area contributed by atoms with Gasteiger partial charge in [-0.25, -0.2) is 9.38 Å². The molecular weight excluding hydrogens is 425 g/mol. The van der Waals surface area contributed by atoms with Gasteiger partial charge in [0.2, 0.25) is 5.88 Å². The summed E-state index contributed by atoms with van der Waals surface area (Å²) < 4.78 is 15.5. The molecule has 1 aliphatic heterocycles. The second-order valence-corrected chi connectivity index (χ2v) is 7.57. The van der Waals surface area contributed by atoms with Crippen LogP contribution in [-0.4, -0.2) is 20.4 Å². The Hall–Kier alpha value is -4.10. The molecule has 0 unspecified atom stereocenters. The predicted molar refractivity (Wildman–Crippen MR) is 126 cm³/mol. The third-order valence-electron chi connectivity index (χ3n) is 5.23. The largest absolute Gasteiger partial charge is 0.494 e. The molecule has 5 nitrogen and oxygen atoms in total. The van der Waals surface area contributed by atoms with Crippen LogP contribution in [-0.2, 0) is 0 Å². The van der Waals surface area contributed by atoms with Crippen LogP contribution in [0.3, 0.4) is 0 Å². The van der Waals surface area contributed by atoms with Crippen LogP contribution in [0.1, 0.15) is 16.7 Å². The van der Waals surface area contributed by atoms with Crippen LogP contribution >= 0.6 is 12.2 Å². The summed E-state index contributed by atoms with van der Waals surface area (Å²) >= 11 is 5.21. The molecule has 2 heterocycles. The lowest BCUT2D eigenvalue weighted by Gasteiger charge is -2.13. The topological polar surface area (TPSA) is 70.4 Å². The molecule has 0 bridgehead atoms. The molecule has 0 saturated carbocycles. The molecule has 5 rings (SSSR count). The summed E-state index contributed by atoms with van der Waals surface area (Å²) in [5, 5.41) is 11.0. The van der Waals surface area contributed by atoms with Crippen LogP contribution in [0, 0.1) is 10.6 Å². The Balaban J connectivity index is 1.77. The molecule has 0 radical (unpaired) electrons. The monoisotopic (exact) mass is 441 g/mol. The number of aromatic amines is 1. The SMILES string of the molecule is O=c1[nH]c(=S)n(-c2ccccc2F)c(O)c1/C=C1\C(c2ccccc2)=Nc2ccccc21. The van der Waals surface area contributed by atoms with Gasteiger partial charge in [0.1, 0.15) is 11.4 Å². The van der Waals surface area contributed by atoms with E-state index in [4.69, 9.17) is 17.2 Å². The summed E-state index contributed by atoms with van der Waals surface area (Å²) in [4.78, 5) is 20.1. The van der Waals surface area contributed by atoms with Gasteiger partial charge in [-0.15, -0.1) is 0 Å². The third-order valence-corrected chi connectivity index (χ3v) is 5.52. The quantitative estimate of drug-likeness (QED) is 0.418. The van der Waals surface area contributed by atoms with Crippen LogP contribution in [0.4, 0.5) is 10.1 Å². The molecule has 0 aliphatic carbocycles. The lowest BCUT2D eigenvalue weighted by molar-refractivity contribution is 0.429. The molecule has 1 aliphatic rings. The second kappa shape index (κ2) is 7.86. The van der Waals surface area contributed by atoms with E-state index in [0.717, 1.165) is 21.4 Å². The fraction of sp³-hybridized carbons (Fsp3) is 0. The average Bonchev–Trinajstić information content (AvgIpc) is 3.17. The highest BCUT2D eigenvalue weighted by molar-refractivity contribution is 7.71. The zero-order valence-corrected chi connectivity index (χ0v) is 17.4. The van der Waals surface area contributed by atoms with Crippen LogP contribution < -0.4 is 5.56 Å². The van der Waals surface area contributed by atoms with Crippen LogP contribution in [0.5, 0.6) is 5.88 Å². The molecule has 7 heteroatoms. The Morgan fingerprint density at radius 2 is 1.66 bits per heavy atom. The molecule has 0 amide bonds. The van der Waals surface area contributed by atoms with Gasteiger partial charge in [0, 0.05) is 16.7 Å². The van der Waals surface area contributed by atoms with Gasteiger partial charge in [-0.3, -0.25) is 14.3 Å². The fourth-order valence-electron chi connectivity index (χ4n) is 3.74. The maximum Gasteiger partial charge on any atom is 0.262 e. The minimum absolute atomic E-state index is 0.0367. The number of aromatic hydroxyl groups is 1. The van der Waals surface area contributed by atoms with Gasteiger partial charge in [0.15, 0.2) is 4.77 Å². The molecule has 156 valence electrons. The van der Waals surface area contributed by atoms with Crippen molar-refractivity contribution < 1.29 is 9.50 Å². The average molecular weight is 441 g/mol. The Morgan fingerprint density at radius 1 is 0.969 bits per heavy atom. The van der Waals surface area contributed by atoms with Crippen molar-refractivity contribution in [2.45, 2.75) is 0 Å². The highest BCUT2D eigenvalue weighted by Crippen LogP contribution is 2.38. The number of halogens is 1. The summed E-state index contributed by atoms with van der Waals surface area (Å²) in [7, 11) is 0. The summed E-state index contributed by atoms with van der Waals surface area (Å²) in [6.07, 6.45) is 1.57. The first-order valence-electron chi connectivity index (χ1n) is 9.83. The molecule has 0 atom stereocenters. The van der Waals surface area contributed by atoms with E-state index in [1.54, 1.807) is 12.1 Å². The van der Waals surface area contributed by atoms with Gasteiger partial charge in [0.05, 0.1) is 17.1 Å². The van der Waals surface area contributed by atoms with Crippen molar-refractivity contribution in [1.29, 1.82) is 0 Å². The van der Waals surface area contributed by atoms with Crippen LogP contribution in [0.2, 0.25) is 0 Å². The lowest BCUT2D eigenvalue weighted by Crippen LogP contribution is -2.17. The van der Waals surface area contributed by atoms with Crippen molar-refractivity contribution in [3.8, 4) is 11.6 Å². The van der Waals surface area contributed by atoms with E-state index in [1.807, 2.05) is 54.6 Å². The predicted octanol–water partition coefficient (Wildman–Crippen LogP) is 5.41. The summed E-state index contributed by atoms with van der Waals surface area (Å²) in [5.74, 6) is -1.03. The van der Waals surface area contributed by atoms with Gasteiger partial charge >= 0.3 is 0 Å². The lowest BCUT2D eigenvalue weighted by atomic mass is 9.96. The highest BCUT2D eigenvalue weighted by atomic mass is 32.1. The first-order chi connectivity index (χ1) is 15.5. The maximum absolute atomic E-state index is 14.4. The Labute approximate surface area is 187 Å². The Kier molecular flexibility index (Phi) is 4.88. The summed E-state index contributed by atoms with van der Waals surface area (Å²) in [5.41, 5.74) is 3.21. The number of hydrogen-bond acceptors (Lipinski definition) is 4. The number of aromatic nitrogens is 2. The number of nitrogens with one attached hydrogen (secondary N) is 1.